The predicted octanol–water partition coefficient (Wildman–Crippen LogP) is 1.18. The average Bonchev–Trinajstić information content (AvgIpc) is 2.49. The Morgan fingerprint density at radius 3 is 2.37 bits per heavy atom. The van der Waals surface area contributed by atoms with E-state index < -0.39 is 0 Å². The van der Waals surface area contributed by atoms with E-state index in [4.69, 9.17) is 5.73 Å². The van der Waals surface area contributed by atoms with Gasteiger partial charge in [-0.05, 0) is 18.6 Å². The Morgan fingerprint density at radius 1 is 1.21 bits per heavy atom. The molecule has 1 fully saturated rings. The Balaban J connectivity index is 1.91. The lowest BCUT2D eigenvalue weighted by Gasteiger charge is -2.38. The van der Waals surface area contributed by atoms with Crippen molar-refractivity contribution >= 4 is 5.91 Å². The number of nitrogens with zero attached hydrogens (tertiary/aromatic N) is 2. The molecule has 1 aromatic carbocycles. The summed E-state index contributed by atoms with van der Waals surface area (Å²) in [5.74, 6) is 0.140. The molecular formula is C15H23N3O. The van der Waals surface area contributed by atoms with E-state index in [1.165, 1.54) is 0 Å². The Labute approximate surface area is 115 Å². The van der Waals surface area contributed by atoms with Gasteiger partial charge < -0.3 is 10.6 Å². The van der Waals surface area contributed by atoms with Crippen LogP contribution in [0, 0.1) is 0 Å². The number of amides is 1. The smallest absolute Gasteiger partial charge is 0.253 e. The number of benzene rings is 1. The Bertz CT molecular complexity index is 395. The summed E-state index contributed by atoms with van der Waals surface area (Å²) in [5, 5.41) is 0. The summed E-state index contributed by atoms with van der Waals surface area (Å²) in [7, 11) is 0. The minimum atomic E-state index is 0.140. The molecule has 1 unspecified atom stereocenters. The van der Waals surface area contributed by atoms with Gasteiger partial charge in [-0.25, -0.2) is 0 Å². The molecular weight excluding hydrogens is 238 g/mol. The fraction of sp³-hybridized carbons (Fsp3) is 0.533. The van der Waals surface area contributed by atoms with E-state index in [-0.39, 0.29) is 5.91 Å². The molecule has 1 saturated heterocycles. The number of carbonyl (C=O) groups excluding carboxylic acids is 1. The van der Waals surface area contributed by atoms with Crippen LogP contribution in [0.3, 0.4) is 0 Å². The van der Waals surface area contributed by atoms with E-state index >= 15 is 0 Å². The zero-order valence-electron chi connectivity index (χ0n) is 11.6. The topological polar surface area (TPSA) is 49.6 Å². The first-order chi connectivity index (χ1) is 9.26. The van der Waals surface area contributed by atoms with Gasteiger partial charge >= 0.3 is 0 Å². The monoisotopic (exact) mass is 261 g/mol. The van der Waals surface area contributed by atoms with Crippen LogP contribution in [0.1, 0.15) is 23.7 Å². The Kier molecular flexibility index (Phi) is 4.93. The molecule has 1 atom stereocenters. The molecule has 4 nitrogen and oxygen atoms in total. The largest absolute Gasteiger partial charge is 0.336 e. The Morgan fingerprint density at radius 2 is 1.84 bits per heavy atom. The molecule has 0 bridgehead atoms. The quantitative estimate of drug-likeness (QED) is 0.885. The van der Waals surface area contributed by atoms with Gasteiger partial charge in [0.2, 0.25) is 0 Å². The molecule has 19 heavy (non-hydrogen) atoms. The van der Waals surface area contributed by atoms with Crippen LogP contribution in [0.25, 0.3) is 0 Å². The van der Waals surface area contributed by atoms with E-state index in [0.717, 1.165) is 38.2 Å². The summed E-state index contributed by atoms with van der Waals surface area (Å²) in [6.45, 7) is 6.30. The number of rotatable bonds is 4. The summed E-state index contributed by atoms with van der Waals surface area (Å²) in [4.78, 5) is 16.6. The predicted molar refractivity (Wildman–Crippen MR) is 77.1 cm³/mol. The van der Waals surface area contributed by atoms with E-state index in [9.17, 15) is 4.79 Å². The molecule has 104 valence electrons. The molecule has 0 saturated carbocycles. The third-order valence-electron chi connectivity index (χ3n) is 3.88. The van der Waals surface area contributed by atoms with Crippen molar-refractivity contribution in [3.63, 3.8) is 0 Å². The summed E-state index contributed by atoms with van der Waals surface area (Å²) in [6.07, 6.45) is 1.07. The summed E-state index contributed by atoms with van der Waals surface area (Å²) in [6, 6.07) is 9.96. The SMILES string of the molecule is CCC(CN)N1CCN(C(=O)c2ccccc2)CC1. The van der Waals surface area contributed by atoms with Gasteiger partial charge in [0, 0.05) is 44.3 Å². The van der Waals surface area contributed by atoms with Crippen LogP contribution in [0.5, 0.6) is 0 Å². The normalized spacial score (nSPS) is 18.3. The highest BCUT2D eigenvalue weighted by Crippen LogP contribution is 2.11. The third-order valence-corrected chi connectivity index (χ3v) is 3.88. The zero-order valence-corrected chi connectivity index (χ0v) is 11.6. The molecule has 1 aliphatic heterocycles. The number of nitrogens with two attached hydrogens (primary N) is 1. The lowest BCUT2D eigenvalue weighted by atomic mass is 10.1. The molecule has 1 aliphatic rings. The van der Waals surface area contributed by atoms with Gasteiger partial charge in [0.15, 0.2) is 0 Å². The van der Waals surface area contributed by atoms with Crippen molar-refractivity contribution in [2.75, 3.05) is 32.7 Å². The van der Waals surface area contributed by atoms with Crippen molar-refractivity contribution < 1.29 is 4.79 Å². The van der Waals surface area contributed by atoms with Crippen LogP contribution >= 0.6 is 0 Å². The van der Waals surface area contributed by atoms with Crippen molar-refractivity contribution in [2.24, 2.45) is 5.73 Å². The first-order valence-corrected chi connectivity index (χ1v) is 7.04. The lowest BCUT2D eigenvalue weighted by molar-refractivity contribution is 0.0571. The van der Waals surface area contributed by atoms with Gasteiger partial charge in [0.05, 0.1) is 0 Å². The van der Waals surface area contributed by atoms with Crippen molar-refractivity contribution in [2.45, 2.75) is 19.4 Å². The number of hydrogen-bond acceptors (Lipinski definition) is 3. The molecule has 2 rings (SSSR count). The van der Waals surface area contributed by atoms with Crippen LogP contribution in [-0.2, 0) is 0 Å². The average molecular weight is 261 g/mol. The lowest BCUT2D eigenvalue weighted by Crippen LogP contribution is -2.53. The van der Waals surface area contributed by atoms with E-state index in [1.807, 2.05) is 35.2 Å². The second-order valence-corrected chi connectivity index (χ2v) is 4.99. The summed E-state index contributed by atoms with van der Waals surface area (Å²) >= 11 is 0. The van der Waals surface area contributed by atoms with E-state index in [1.54, 1.807) is 0 Å². The maximum atomic E-state index is 12.3. The van der Waals surface area contributed by atoms with Crippen LogP contribution < -0.4 is 5.73 Å². The summed E-state index contributed by atoms with van der Waals surface area (Å²) < 4.78 is 0. The van der Waals surface area contributed by atoms with Gasteiger partial charge in [-0.1, -0.05) is 25.1 Å². The second-order valence-electron chi connectivity index (χ2n) is 4.99. The highest BCUT2D eigenvalue weighted by atomic mass is 16.2. The molecule has 0 spiro atoms. The minimum absolute atomic E-state index is 0.140. The summed E-state index contributed by atoms with van der Waals surface area (Å²) in [5.41, 5.74) is 6.56. The fourth-order valence-corrected chi connectivity index (χ4v) is 2.63. The zero-order chi connectivity index (χ0) is 13.7. The second kappa shape index (κ2) is 6.68. The Hall–Kier alpha value is -1.39. The molecule has 0 radical (unpaired) electrons. The first kappa shape index (κ1) is 14.0. The van der Waals surface area contributed by atoms with Crippen LogP contribution in [0.4, 0.5) is 0 Å². The van der Waals surface area contributed by atoms with Gasteiger partial charge in [-0.15, -0.1) is 0 Å². The van der Waals surface area contributed by atoms with E-state index in [0.29, 0.717) is 12.6 Å². The van der Waals surface area contributed by atoms with Crippen molar-refractivity contribution in [3.05, 3.63) is 35.9 Å². The van der Waals surface area contributed by atoms with Gasteiger partial charge in [0.1, 0.15) is 0 Å². The maximum Gasteiger partial charge on any atom is 0.253 e. The van der Waals surface area contributed by atoms with Gasteiger partial charge in [0.25, 0.3) is 5.91 Å². The molecule has 0 aliphatic carbocycles. The third kappa shape index (κ3) is 3.33. The van der Waals surface area contributed by atoms with Crippen LogP contribution in [0.2, 0.25) is 0 Å². The number of carbonyl (C=O) groups is 1. The molecule has 0 aromatic heterocycles. The number of piperazine rings is 1. The van der Waals surface area contributed by atoms with Crippen molar-refractivity contribution in [1.29, 1.82) is 0 Å². The van der Waals surface area contributed by atoms with Crippen molar-refractivity contribution in [1.82, 2.24) is 9.80 Å². The van der Waals surface area contributed by atoms with Gasteiger partial charge in [-0.3, -0.25) is 9.69 Å². The molecule has 4 heteroatoms. The van der Waals surface area contributed by atoms with Crippen LogP contribution in [0.15, 0.2) is 30.3 Å². The molecule has 2 N–H and O–H groups in total. The van der Waals surface area contributed by atoms with Crippen LogP contribution in [-0.4, -0.2) is 54.5 Å². The standard InChI is InChI=1S/C15H23N3O/c1-2-14(12-16)17-8-10-18(11-9-17)15(19)13-6-4-3-5-7-13/h3-7,14H,2,8-12,16H2,1H3. The molecule has 1 aromatic rings. The highest BCUT2D eigenvalue weighted by molar-refractivity contribution is 5.94. The van der Waals surface area contributed by atoms with Crippen molar-refractivity contribution in [3.8, 4) is 0 Å². The molecule has 1 heterocycles. The first-order valence-electron chi connectivity index (χ1n) is 7.04. The number of hydrogen-bond donors (Lipinski definition) is 1. The maximum absolute atomic E-state index is 12.3. The molecule has 1 amide bonds. The minimum Gasteiger partial charge on any atom is -0.336 e. The highest BCUT2D eigenvalue weighted by Gasteiger charge is 2.24. The fourth-order valence-electron chi connectivity index (χ4n) is 2.63. The van der Waals surface area contributed by atoms with Gasteiger partial charge in [-0.2, -0.15) is 0 Å². The van der Waals surface area contributed by atoms with E-state index in [2.05, 4.69) is 11.8 Å².